The Morgan fingerprint density at radius 1 is 1.22 bits per heavy atom. The molecule has 0 aliphatic heterocycles. The zero-order valence-corrected chi connectivity index (χ0v) is 24.1. The van der Waals surface area contributed by atoms with E-state index in [0.29, 0.717) is 21.2 Å². The lowest BCUT2D eigenvalue weighted by atomic mass is 9.95. The third-order valence-electron chi connectivity index (χ3n) is 5.77. The van der Waals surface area contributed by atoms with Crippen molar-refractivity contribution in [1.82, 2.24) is 9.66 Å². The number of hydrogen-bond acceptors (Lipinski definition) is 8. The number of nitro groups is 1. The van der Waals surface area contributed by atoms with E-state index in [1.165, 1.54) is 43.7 Å². The third-order valence-corrected chi connectivity index (χ3v) is 6.26. The fraction of sp³-hybridized carbons (Fsp3) is 0.214. The van der Waals surface area contributed by atoms with Gasteiger partial charge in [0.25, 0.3) is 11.5 Å². The third kappa shape index (κ3) is 6.57. The van der Waals surface area contributed by atoms with E-state index in [4.69, 9.17) is 9.47 Å². The van der Waals surface area contributed by atoms with Crippen LogP contribution in [0.4, 0.5) is 15.8 Å². The van der Waals surface area contributed by atoms with Crippen LogP contribution in [-0.4, -0.2) is 40.4 Å². The van der Waals surface area contributed by atoms with Crippen molar-refractivity contribution in [2.45, 2.75) is 26.2 Å². The van der Waals surface area contributed by atoms with Crippen LogP contribution in [0.3, 0.4) is 0 Å². The summed E-state index contributed by atoms with van der Waals surface area (Å²) in [5.41, 5.74) is -0.824. The minimum Gasteiger partial charge on any atom is -0.493 e. The van der Waals surface area contributed by atoms with Crippen LogP contribution < -0.4 is 20.3 Å². The van der Waals surface area contributed by atoms with Crippen molar-refractivity contribution in [2.24, 2.45) is 5.10 Å². The van der Waals surface area contributed by atoms with Gasteiger partial charge in [0, 0.05) is 21.5 Å². The molecule has 212 valence electrons. The van der Waals surface area contributed by atoms with Gasteiger partial charge in [-0.2, -0.15) is 9.78 Å². The maximum absolute atomic E-state index is 13.8. The number of benzene rings is 3. The van der Waals surface area contributed by atoms with Crippen molar-refractivity contribution in [3.8, 4) is 11.5 Å². The van der Waals surface area contributed by atoms with Crippen molar-refractivity contribution >= 4 is 50.3 Å². The number of anilines is 1. The Balaban J connectivity index is 1.70. The molecule has 1 N–H and O–H groups in total. The summed E-state index contributed by atoms with van der Waals surface area (Å²) in [6, 6.07) is 13.3. The Bertz CT molecular complexity index is 1750. The summed E-state index contributed by atoms with van der Waals surface area (Å²) in [4.78, 5) is 41.6. The van der Waals surface area contributed by atoms with Gasteiger partial charge >= 0.3 is 5.69 Å². The molecule has 0 saturated heterocycles. The number of para-hydroxylation sites is 1. The van der Waals surface area contributed by atoms with Crippen LogP contribution in [-0.2, 0) is 10.2 Å². The van der Waals surface area contributed by atoms with E-state index in [0.717, 1.165) is 4.68 Å². The second-order valence-corrected chi connectivity index (χ2v) is 10.8. The van der Waals surface area contributed by atoms with Gasteiger partial charge in [0.1, 0.15) is 11.6 Å². The molecular formula is C28H25BrFN5O6. The molecule has 0 aliphatic rings. The number of hydrogen-bond donors (Lipinski definition) is 1. The van der Waals surface area contributed by atoms with Crippen LogP contribution >= 0.6 is 15.9 Å². The lowest BCUT2D eigenvalue weighted by Crippen LogP contribution is -2.29. The fourth-order valence-electron chi connectivity index (χ4n) is 3.87. The molecule has 41 heavy (non-hydrogen) atoms. The van der Waals surface area contributed by atoms with E-state index in [1.807, 2.05) is 20.8 Å². The van der Waals surface area contributed by atoms with Gasteiger partial charge in [-0.25, -0.2) is 9.37 Å². The van der Waals surface area contributed by atoms with Gasteiger partial charge in [0.2, 0.25) is 5.75 Å². The molecular weight excluding hydrogens is 601 g/mol. The molecule has 1 aromatic heterocycles. The van der Waals surface area contributed by atoms with Gasteiger partial charge in [-0.3, -0.25) is 19.7 Å². The number of ether oxygens (including phenoxy) is 2. The monoisotopic (exact) mass is 625 g/mol. The van der Waals surface area contributed by atoms with Gasteiger partial charge in [0.05, 0.1) is 34.8 Å². The van der Waals surface area contributed by atoms with Crippen molar-refractivity contribution in [3.05, 3.63) is 96.7 Å². The number of nitrogens with one attached hydrogen (secondary N) is 1. The highest BCUT2D eigenvalue weighted by Crippen LogP contribution is 2.38. The van der Waals surface area contributed by atoms with Crippen molar-refractivity contribution in [1.29, 1.82) is 0 Å². The summed E-state index contributed by atoms with van der Waals surface area (Å²) in [7, 11) is 1.28. The normalized spacial score (nSPS) is 11.6. The molecule has 1 amide bonds. The number of rotatable bonds is 8. The number of halogens is 2. The average molecular weight is 626 g/mol. The maximum Gasteiger partial charge on any atom is 0.315 e. The van der Waals surface area contributed by atoms with E-state index < -0.39 is 39.9 Å². The second kappa shape index (κ2) is 11.8. The van der Waals surface area contributed by atoms with Crippen LogP contribution in [0.15, 0.2) is 69.0 Å². The van der Waals surface area contributed by atoms with Gasteiger partial charge in [0.15, 0.2) is 12.4 Å². The van der Waals surface area contributed by atoms with Crippen LogP contribution in [0, 0.1) is 15.9 Å². The number of nitrogens with zero attached hydrogens (tertiary/aromatic N) is 4. The first-order valence-corrected chi connectivity index (χ1v) is 13.0. The van der Waals surface area contributed by atoms with E-state index >= 15 is 0 Å². The van der Waals surface area contributed by atoms with Crippen molar-refractivity contribution in [2.75, 3.05) is 19.0 Å². The maximum atomic E-state index is 13.8. The molecule has 4 aromatic rings. The van der Waals surface area contributed by atoms with Crippen LogP contribution in [0.1, 0.15) is 32.2 Å². The molecule has 0 aliphatic carbocycles. The first-order valence-electron chi connectivity index (χ1n) is 12.2. The van der Waals surface area contributed by atoms with E-state index in [-0.39, 0.29) is 22.7 Å². The standard InChI is InChI=1S/C28H25BrFN5O6/c1-28(2,3)27-33-20-10-9-17(29)13-18(20)26(37)34(27)31-14-16-11-22(35(38)39)25(23(12-16)40-4)41-15-24(36)32-21-8-6-5-7-19(21)30/h5-14H,15H2,1-4H3,(H,32,36). The van der Waals surface area contributed by atoms with Crippen LogP contribution in [0.25, 0.3) is 10.9 Å². The highest BCUT2D eigenvalue weighted by atomic mass is 79.9. The number of nitro benzene ring substituents is 1. The summed E-state index contributed by atoms with van der Waals surface area (Å²) in [6.07, 6.45) is 1.27. The molecule has 0 fully saturated rings. The van der Waals surface area contributed by atoms with Gasteiger partial charge in [-0.15, -0.1) is 0 Å². The van der Waals surface area contributed by atoms with E-state index in [9.17, 15) is 24.1 Å². The molecule has 0 bridgehead atoms. The number of aromatic nitrogens is 2. The molecule has 0 spiro atoms. The Morgan fingerprint density at radius 3 is 2.61 bits per heavy atom. The largest absolute Gasteiger partial charge is 0.493 e. The zero-order valence-electron chi connectivity index (χ0n) is 22.5. The minimum absolute atomic E-state index is 0.0525. The summed E-state index contributed by atoms with van der Waals surface area (Å²) >= 11 is 3.36. The predicted molar refractivity (Wildman–Crippen MR) is 156 cm³/mol. The number of amides is 1. The quantitative estimate of drug-likeness (QED) is 0.157. The molecule has 3 aromatic carbocycles. The van der Waals surface area contributed by atoms with Gasteiger partial charge < -0.3 is 14.8 Å². The molecule has 13 heteroatoms. The molecule has 0 unspecified atom stereocenters. The smallest absolute Gasteiger partial charge is 0.315 e. The Morgan fingerprint density at radius 2 is 1.95 bits per heavy atom. The number of carbonyl (C=O) groups is 1. The number of methoxy groups -OCH3 is 1. The molecule has 1 heterocycles. The van der Waals surface area contributed by atoms with Gasteiger partial charge in [-0.1, -0.05) is 48.8 Å². The SMILES string of the molecule is COc1cc(C=Nn2c(C(C)(C)C)nc3ccc(Br)cc3c2=O)cc([N+](=O)[O-])c1OCC(=O)Nc1ccccc1F. The Labute approximate surface area is 241 Å². The molecule has 0 radical (unpaired) electrons. The fourth-order valence-corrected chi connectivity index (χ4v) is 4.23. The second-order valence-electron chi connectivity index (χ2n) is 9.85. The minimum atomic E-state index is -0.735. The number of fused-ring (bicyclic) bond motifs is 1. The van der Waals surface area contributed by atoms with Crippen LogP contribution in [0.2, 0.25) is 0 Å². The van der Waals surface area contributed by atoms with Crippen molar-refractivity contribution < 1.29 is 23.6 Å². The van der Waals surface area contributed by atoms with Gasteiger partial charge in [-0.05, 0) is 36.4 Å². The number of carbonyl (C=O) groups excluding carboxylic acids is 1. The molecule has 11 nitrogen and oxygen atoms in total. The summed E-state index contributed by atoms with van der Waals surface area (Å²) in [6.45, 7) is 5.00. The van der Waals surface area contributed by atoms with Crippen molar-refractivity contribution in [3.63, 3.8) is 0 Å². The van der Waals surface area contributed by atoms with Crippen LogP contribution in [0.5, 0.6) is 11.5 Å². The highest BCUT2D eigenvalue weighted by Gasteiger charge is 2.25. The highest BCUT2D eigenvalue weighted by molar-refractivity contribution is 9.10. The van der Waals surface area contributed by atoms with E-state index in [2.05, 4.69) is 31.3 Å². The predicted octanol–water partition coefficient (Wildman–Crippen LogP) is 5.41. The van der Waals surface area contributed by atoms with E-state index in [1.54, 1.807) is 24.3 Å². The lowest BCUT2D eigenvalue weighted by molar-refractivity contribution is -0.385. The zero-order chi connectivity index (χ0) is 29.9. The first-order chi connectivity index (χ1) is 19.4. The molecule has 0 atom stereocenters. The topological polar surface area (TPSA) is 138 Å². The summed E-state index contributed by atoms with van der Waals surface area (Å²) in [5, 5.41) is 18.9. The summed E-state index contributed by atoms with van der Waals surface area (Å²) in [5.74, 6) is -1.35. The Hall–Kier alpha value is -4.65. The first kappa shape index (κ1) is 29.3. The molecule has 4 rings (SSSR count). The average Bonchev–Trinajstić information content (AvgIpc) is 2.92. The lowest BCUT2D eigenvalue weighted by Gasteiger charge is -2.20. The Kier molecular flexibility index (Phi) is 8.47. The molecule has 0 saturated carbocycles. The summed E-state index contributed by atoms with van der Waals surface area (Å²) < 4.78 is 26.4.